The van der Waals surface area contributed by atoms with Crippen molar-refractivity contribution in [3.63, 3.8) is 0 Å². The van der Waals surface area contributed by atoms with Crippen molar-refractivity contribution in [3.05, 3.63) is 106 Å². The molecular weight excluding hydrogens is 562 g/mol. The van der Waals surface area contributed by atoms with Crippen LogP contribution in [0.3, 0.4) is 0 Å². The van der Waals surface area contributed by atoms with Gasteiger partial charge in [-0.3, -0.25) is 19.5 Å². The van der Waals surface area contributed by atoms with Crippen LogP contribution in [0.25, 0.3) is 17.4 Å². The lowest BCUT2D eigenvalue weighted by molar-refractivity contribution is -0.384. The van der Waals surface area contributed by atoms with Crippen molar-refractivity contribution in [1.82, 2.24) is 4.57 Å². The lowest BCUT2D eigenvalue weighted by Crippen LogP contribution is -2.40. The van der Waals surface area contributed by atoms with Crippen LogP contribution in [-0.4, -0.2) is 36.3 Å². The number of rotatable bonds is 8. The number of benzene rings is 2. The molecule has 11 nitrogen and oxygen atoms in total. The van der Waals surface area contributed by atoms with E-state index in [1.165, 1.54) is 30.9 Å². The van der Waals surface area contributed by atoms with Crippen molar-refractivity contribution in [1.29, 1.82) is 0 Å². The van der Waals surface area contributed by atoms with Gasteiger partial charge in [-0.15, -0.1) is 0 Å². The van der Waals surface area contributed by atoms with E-state index in [2.05, 4.69) is 4.99 Å². The maximum atomic E-state index is 13.9. The fourth-order valence-electron chi connectivity index (χ4n) is 4.82. The Morgan fingerprint density at radius 2 is 1.93 bits per heavy atom. The lowest BCUT2D eigenvalue weighted by Gasteiger charge is -2.26. The lowest BCUT2D eigenvalue weighted by atomic mass is 9.95. The molecule has 4 aromatic rings. The number of nitro benzene ring substituents is 1. The van der Waals surface area contributed by atoms with Crippen molar-refractivity contribution < 1.29 is 28.3 Å². The van der Waals surface area contributed by atoms with Gasteiger partial charge in [0, 0.05) is 35.4 Å². The predicted octanol–water partition coefficient (Wildman–Crippen LogP) is 4.29. The Morgan fingerprint density at radius 1 is 1.14 bits per heavy atom. The number of carbonyl (C=O) groups excluding carboxylic acids is 1. The summed E-state index contributed by atoms with van der Waals surface area (Å²) in [4.78, 5) is 42.9. The zero-order valence-electron chi connectivity index (χ0n) is 23.5. The van der Waals surface area contributed by atoms with E-state index in [-0.39, 0.29) is 23.4 Å². The van der Waals surface area contributed by atoms with Crippen LogP contribution >= 0.6 is 11.3 Å². The zero-order chi connectivity index (χ0) is 30.1. The number of nitro groups is 1. The largest absolute Gasteiger partial charge is 0.497 e. The molecule has 2 aromatic heterocycles. The first-order chi connectivity index (χ1) is 20.2. The summed E-state index contributed by atoms with van der Waals surface area (Å²) in [6, 6.07) is 12.2. The summed E-state index contributed by atoms with van der Waals surface area (Å²) in [5.74, 6) is 1.19. The molecule has 0 saturated heterocycles. The highest BCUT2D eigenvalue weighted by Crippen LogP contribution is 2.37. The van der Waals surface area contributed by atoms with Crippen molar-refractivity contribution in [2.45, 2.75) is 26.8 Å². The van der Waals surface area contributed by atoms with Gasteiger partial charge in [0.2, 0.25) is 0 Å². The van der Waals surface area contributed by atoms with E-state index < -0.39 is 16.9 Å². The highest BCUT2D eigenvalue weighted by Gasteiger charge is 2.35. The van der Waals surface area contributed by atoms with E-state index >= 15 is 0 Å². The highest BCUT2D eigenvalue weighted by molar-refractivity contribution is 7.07. The van der Waals surface area contributed by atoms with Gasteiger partial charge in [-0.2, -0.15) is 0 Å². The minimum Gasteiger partial charge on any atom is -0.497 e. The Kier molecular flexibility index (Phi) is 7.81. The summed E-state index contributed by atoms with van der Waals surface area (Å²) < 4.78 is 24.1. The third-order valence-electron chi connectivity index (χ3n) is 6.85. The SMILES string of the molecule is CCOC(=O)C1=C(C)N=c2sc(=Cc3ccc(-c4cc([N+](=O)[O-])ccc4C)o3)c(=O)n2C1c1ccc(OC)cc1OC. The second kappa shape index (κ2) is 11.5. The molecule has 1 aliphatic rings. The fourth-order valence-corrected chi connectivity index (χ4v) is 5.85. The van der Waals surface area contributed by atoms with Crippen LogP contribution in [-0.2, 0) is 9.53 Å². The van der Waals surface area contributed by atoms with Gasteiger partial charge in [0.25, 0.3) is 11.2 Å². The second-order valence-corrected chi connectivity index (χ2v) is 10.4. The summed E-state index contributed by atoms with van der Waals surface area (Å²) in [6.07, 6.45) is 1.59. The van der Waals surface area contributed by atoms with Crippen LogP contribution in [0.1, 0.15) is 36.8 Å². The first kappa shape index (κ1) is 28.6. The van der Waals surface area contributed by atoms with E-state index in [1.54, 1.807) is 56.3 Å². The van der Waals surface area contributed by atoms with E-state index in [0.717, 1.165) is 16.9 Å². The number of hydrogen-bond donors (Lipinski definition) is 0. The summed E-state index contributed by atoms with van der Waals surface area (Å²) in [7, 11) is 3.03. The zero-order valence-corrected chi connectivity index (χ0v) is 24.3. The molecule has 1 atom stereocenters. The first-order valence-electron chi connectivity index (χ1n) is 12.9. The number of furan rings is 1. The predicted molar refractivity (Wildman–Crippen MR) is 155 cm³/mol. The highest BCUT2D eigenvalue weighted by atomic mass is 32.1. The number of aromatic nitrogens is 1. The molecule has 3 heterocycles. The minimum absolute atomic E-state index is 0.0522. The number of carbonyl (C=O) groups is 1. The minimum atomic E-state index is -0.872. The molecule has 0 saturated carbocycles. The topological polar surface area (TPSA) is 135 Å². The molecule has 0 aliphatic carbocycles. The molecule has 12 heteroatoms. The number of allylic oxidation sites excluding steroid dienone is 1. The number of aryl methyl sites for hydroxylation is 1. The van der Waals surface area contributed by atoms with Crippen LogP contribution < -0.4 is 24.4 Å². The van der Waals surface area contributed by atoms with E-state index in [0.29, 0.717) is 49.2 Å². The quantitative estimate of drug-likeness (QED) is 0.169. The molecule has 0 N–H and O–H groups in total. The molecule has 0 radical (unpaired) electrons. The average Bonchev–Trinajstić information content (AvgIpc) is 3.56. The average molecular weight is 590 g/mol. The van der Waals surface area contributed by atoms with Gasteiger partial charge in [0.1, 0.15) is 29.1 Å². The molecule has 0 fully saturated rings. The fraction of sp³-hybridized carbons (Fsp3) is 0.233. The number of esters is 1. The van der Waals surface area contributed by atoms with Gasteiger partial charge in [-0.1, -0.05) is 17.4 Å². The molecular formula is C30H27N3O8S. The monoisotopic (exact) mass is 589 g/mol. The Bertz CT molecular complexity index is 1930. The van der Waals surface area contributed by atoms with Crippen molar-refractivity contribution >= 4 is 29.1 Å². The molecule has 0 bridgehead atoms. The number of nitrogens with zero attached hydrogens (tertiary/aromatic N) is 3. The number of thiazole rings is 1. The van der Waals surface area contributed by atoms with Gasteiger partial charge in [-0.05, 0) is 50.6 Å². The number of non-ortho nitro benzene ring substituents is 1. The standard InChI is InChI=1S/C30H27N3O8S/c1-6-40-29(35)26-17(3)31-30-32(27(26)21-11-9-19(38-4)14-24(21)39-5)28(34)25(42-30)15-20-10-12-23(41-20)22-13-18(33(36)37)8-7-16(22)2/h7-15,27H,6H2,1-5H3. The van der Waals surface area contributed by atoms with Crippen molar-refractivity contribution in [3.8, 4) is 22.8 Å². The maximum Gasteiger partial charge on any atom is 0.338 e. The molecule has 5 rings (SSSR count). The molecule has 1 unspecified atom stereocenters. The first-order valence-corrected chi connectivity index (χ1v) is 13.7. The molecule has 0 spiro atoms. The van der Waals surface area contributed by atoms with Crippen LogP contribution in [0.4, 0.5) is 5.69 Å². The summed E-state index contributed by atoms with van der Waals surface area (Å²) in [5, 5.41) is 11.3. The molecule has 1 aliphatic heterocycles. The molecule has 42 heavy (non-hydrogen) atoms. The summed E-state index contributed by atoms with van der Waals surface area (Å²) >= 11 is 1.15. The molecule has 0 amide bonds. The maximum absolute atomic E-state index is 13.9. The Morgan fingerprint density at radius 3 is 2.62 bits per heavy atom. The Labute approximate surface area is 243 Å². The molecule has 2 aromatic carbocycles. The number of ether oxygens (including phenoxy) is 3. The van der Waals surface area contributed by atoms with Gasteiger partial charge >= 0.3 is 5.97 Å². The summed E-state index contributed by atoms with van der Waals surface area (Å²) in [5.41, 5.74) is 2.14. The van der Waals surface area contributed by atoms with E-state index in [1.807, 2.05) is 6.92 Å². The number of hydrogen-bond acceptors (Lipinski definition) is 10. The number of fused-ring (bicyclic) bond motifs is 1. The summed E-state index contributed by atoms with van der Waals surface area (Å²) in [6.45, 7) is 5.39. The van der Waals surface area contributed by atoms with Gasteiger partial charge in [0.15, 0.2) is 4.80 Å². The van der Waals surface area contributed by atoms with E-state index in [4.69, 9.17) is 18.6 Å². The number of methoxy groups -OCH3 is 2. The Hall–Kier alpha value is -4.97. The van der Waals surface area contributed by atoms with Crippen LogP contribution in [0.2, 0.25) is 0 Å². The van der Waals surface area contributed by atoms with Gasteiger partial charge in [0.05, 0.1) is 41.6 Å². The van der Waals surface area contributed by atoms with Gasteiger partial charge in [-0.25, -0.2) is 9.79 Å². The van der Waals surface area contributed by atoms with E-state index in [9.17, 15) is 19.7 Å². The molecule has 216 valence electrons. The third-order valence-corrected chi connectivity index (χ3v) is 7.83. The van der Waals surface area contributed by atoms with Crippen LogP contribution in [0.5, 0.6) is 11.5 Å². The third kappa shape index (κ3) is 5.12. The Balaban J connectivity index is 1.66. The smallest absolute Gasteiger partial charge is 0.338 e. The van der Waals surface area contributed by atoms with Crippen LogP contribution in [0, 0.1) is 17.0 Å². The van der Waals surface area contributed by atoms with Gasteiger partial charge < -0.3 is 18.6 Å². The second-order valence-electron chi connectivity index (χ2n) is 9.37. The van der Waals surface area contributed by atoms with Crippen LogP contribution in [0.15, 0.2) is 74.0 Å². The normalized spacial score (nSPS) is 14.8. The van der Waals surface area contributed by atoms with Crippen molar-refractivity contribution in [2.75, 3.05) is 20.8 Å². The van der Waals surface area contributed by atoms with Crippen molar-refractivity contribution in [2.24, 2.45) is 4.99 Å².